The Balaban J connectivity index is 1.50. The predicted octanol–water partition coefficient (Wildman–Crippen LogP) is 5.57. The van der Waals surface area contributed by atoms with Gasteiger partial charge in [0.25, 0.3) is 5.91 Å². The largest absolute Gasteiger partial charge is 0.471 e. The van der Waals surface area contributed by atoms with Gasteiger partial charge in [-0.25, -0.2) is 14.3 Å². The Morgan fingerprint density at radius 1 is 1.06 bits per heavy atom. The van der Waals surface area contributed by atoms with Gasteiger partial charge in [0.05, 0.1) is 21.8 Å². The minimum Gasteiger partial charge on any atom is -0.471 e. The minimum absolute atomic E-state index is 0.187. The number of ether oxygens (including phenoxy) is 1. The number of aryl methyl sites for hydroxylation is 1. The molecule has 9 heteroatoms. The predicted molar refractivity (Wildman–Crippen MR) is 137 cm³/mol. The second-order valence-corrected chi connectivity index (χ2v) is 10.2. The first-order chi connectivity index (χ1) is 16.8. The van der Waals surface area contributed by atoms with Crippen molar-refractivity contribution in [3.63, 3.8) is 0 Å². The second-order valence-electron chi connectivity index (χ2n) is 9.19. The summed E-state index contributed by atoms with van der Waals surface area (Å²) in [6, 6.07) is 19.1. The zero-order valence-electron chi connectivity index (χ0n) is 20.0. The monoisotopic (exact) mass is 486 g/mol. The summed E-state index contributed by atoms with van der Waals surface area (Å²) in [6.45, 7) is 8.31. The van der Waals surface area contributed by atoms with Gasteiger partial charge in [-0.3, -0.25) is 4.79 Å². The minimum atomic E-state index is -0.263. The lowest BCUT2D eigenvalue weighted by molar-refractivity contribution is 0.102. The van der Waals surface area contributed by atoms with Gasteiger partial charge in [-0.2, -0.15) is 10.2 Å². The quantitative estimate of drug-likeness (QED) is 0.339. The van der Waals surface area contributed by atoms with Crippen LogP contribution in [0.5, 0.6) is 5.88 Å². The van der Waals surface area contributed by atoms with Crippen LogP contribution in [-0.4, -0.2) is 30.5 Å². The fourth-order valence-corrected chi connectivity index (χ4v) is 4.83. The molecule has 4 aromatic heterocycles. The molecule has 178 valence electrons. The zero-order chi connectivity index (χ0) is 24.6. The SMILES string of the molecule is Cc1cc(NC(=O)c2cc3c(COc4ccccn4)nn(-c4ccccc4)c3s2)n(C(C)(C)C)n1. The van der Waals surface area contributed by atoms with Gasteiger partial charge in [0.1, 0.15) is 22.9 Å². The number of fused-ring (bicyclic) bond motifs is 1. The zero-order valence-corrected chi connectivity index (χ0v) is 20.8. The van der Waals surface area contributed by atoms with E-state index in [1.165, 1.54) is 11.3 Å². The van der Waals surface area contributed by atoms with Crippen LogP contribution < -0.4 is 10.1 Å². The van der Waals surface area contributed by atoms with Crippen LogP contribution in [0.1, 0.15) is 41.8 Å². The molecule has 0 spiro atoms. The van der Waals surface area contributed by atoms with E-state index in [1.54, 1.807) is 12.3 Å². The number of carbonyl (C=O) groups is 1. The van der Waals surface area contributed by atoms with Crippen molar-refractivity contribution in [2.45, 2.75) is 39.8 Å². The molecule has 0 unspecified atom stereocenters. The van der Waals surface area contributed by atoms with E-state index in [2.05, 4.69) is 36.2 Å². The van der Waals surface area contributed by atoms with Crippen LogP contribution in [0.4, 0.5) is 5.82 Å². The molecule has 35 heavy (non-hydrogen) atoms. The number of para-hydroxylation sites is 1. The first-order valence-electron chi connectivity index (χ1n) is 11.3. The van der Waals surface area contributed by atoms with E-state index in [0.717, 1.165) is 27.3 Å². The molecular formula is C26H26N6O2S. The van der Waals surface area contributed by atoms with Crippen molar-refractivity contribution in [2.24, 2.45) is 0 Å². The highest BCUT2D eigenvalue weighted by atomic mass is 32.1. The molecule has 8 nitrogen and oxygen atoms in total. The van der Waals surface area contributed by atoms with Gasteiger partial charge >= 0.3 is 0 Å². The number of benzene rings is 1. The van der Waals surface area contributed by atoms with E-state index in [1.807, 2.05) is 70.9 Å². The summed E-state index contributed by atoms with van der Waals surface area (Å²) in [7, 11) is 0. The Bertz CT molecular complexity index is 1480. The molecule has 1 N–H and O–H groups in total. The topological polar surface area (TPSA) is 86.9 Å². The highest BCUT2D eigenvalue weighted by molar-refractivity contribution is 7.20. The average molecular weight is 487 g/mol. The molecule has 5 aromatic rings. The van der Waals surface area contributed by atoms with Crippen molar-refractivity contribution in [2.75, 3.05) is 5.32 Å². The maximum atomic E-state index is 13.3. The number of hydrogen-bond acceptors (Lipinski definition) is 6. The second kappa shape index (κ2) is 8.99. The van der Waals surface area contributed by atoms with Crippen molar-refractivity contribution in [3.8, 4) is 11.6 Å². The van der Waals surface area contributed by atoms with Gasteiger partial charge in [-0.1, -0.05) is 24.3 Å². The molecular weight excluding hydrogens is 460 g/mol. The first-order valence-corrected chi connectivity index (χ1v) is 12.1. The summed E-state index contributed by atoms with van der Waals surface area (Å²) in [4.78, 5) is 19.0. The molecule has 1 amide bonds. The number of nitrogens with one attached hydrogen (secondary N) is 1. The van der Waals surface area contributed by atoms with Crippen molar-refractivity contribution >= 4 is 33.3 Å². The number of pyridine rings is 1. The van der Waals surface area contributed by atoms with Crippen LogP contribution in [0, 0.1) is 6.92 Å². The summed E-state index contributed by atoms with van der Waals surface area (Å²) in [5.41, 5.74) is 2.23. The molecule has 0 atom stereocenters. The van der Waals surface area contributed by atoms with Crippen molar-refractivity contribution < 1.29 is 9.53 Å². The summed E-state index contributed by atoms with van der Waals surface area (Å²) < 4.78 is 9.57. The molecule has 0 saturated carbocycles. The van der Waals surface area contributed by atoms with Crippen LogP contribution in [-0.2, 0) is 12.1 Å². The molecule has 1 aromatic carbocycles. The van der Waals surface area contributed by atoms with Gasteiger partial charge < -0.3 is 10.1 Å². The molecule has 4 heterocycles. The molecule has 0 fully saturated rings. The Morgan fingerprint density at radius 3 is 2.54 bits per heavy atom. The first kappa shape index (κ1) is 22.8. The molecule has 0 radical (unpaired) electrons. The smallest absolute Gasteiger partial charge is 0.266 e. The Labute approximate surface area is 207 Å². The molecule has 5 rings (SSSR count). The summed E-state index contributed by atoms with van der Waals surface area (Å²) in [6.07, 6.45) is 1.69. The number of thiophene rings is 1. The molecule has 0 aliphatic rings. The van der Waals surface area contributed by atoms with Crippen molar-refractivity contribution in [1.29, 1.82) is 0 Å². The standard InChI is InChI=1S/C26H26N6O2S/c1-17-14-22(32(29-17)26(2,3)4)28-24(33)21-15-19-20(16-34-23-12-8-9-13-27-23)30-31(25(19)35-21)18-10-6-5-7-11-18/h5-15H,16H2,1-4H3,(H,28,33). The Hall–Kier alpha value is -3.98. The molecule has 0 saturated heterocycles. The fraction of sp³-hybridized carbons (Fsp3) is 0.231. The van der Waals surface area contributed by atoms with E-state index in [-0.39, 0.29) is 18.1 Å². The number of rotatable bonds is 6. The van der Waals surface area contributed by atoms with Crippen LogP contribution in [0.3, 0.4) is 0 Å². The highest BCUT2D eigenvalue weighted by Gasteiger charge is 2.23. The molecule has 0 aliphatic heterocycles. The summed E-state index contributed by atoms with van der Waals surface area (Å²) in [5.74, 6) is 1.00. The normalized spacial score (nSPS) is 11.7. The Morgan fingerprint density at radius 2 is 1.83 bits per heavy atom. The van der Waals surface area contributed by atoms with E-state index >= 15 is 0 Å². The number of aromatic nitrogens is 5. The fourth-order valence-electron chi connectivity index (χ4n) is 3.78. The van der Waals surface area contributed by atoms with Crippen LogP contribution in [0.2, 0.25) is 0 Å². The summed E-state index contributed by atoms with van der Waals surface area (Å²) in [5, 5.41) is 13.3. The maximum absolute atomic E-state index is 13.3. The third kappa shape index (κ3) is 4.67. The van der Waals surface area contributed by atoms with Gasteiger partial charge in [0, 0.05) is 23.7 Å². The number of anilines is 1. The number of hydrogen-bond donors (Lipinski definition) is 1. The van der Waals surface area contributed by atoms with E-state index in [4.69, 9.17) is 9.84 Å². The lowest BCUT2D eigenvalue weighted by Gasteiger charge is -2.22. The number of nitrogens with zero attached hydrogens (tertiary/aromatic N) is 5. The van der Waals surface area contributed by atoms with Gasteiger partial charge in [-0.15, -0.1) is 11.3 Å². The van der Waals surface area contributed by atoms with Gasteiger partial charge in [0.2, 0.25) is 5.88 Å². The van der Waals surface area contributed by atoms with Gasteiger partial charge in [-0.05, 0) is 52.0 Å². The van der Waals surface area contributed by atoms with E-state index < -0.39 is 0 Å². The van der Waals surface area contributed by atoms with Crippen LogP contribution >= 0.6 is 11.3 Å². The maximum Gasteiger partial charge on any atom is 0.266 e. The van der Waals surface area contributed by atoms with Crippen molar-refractivity contribution in [3.05, 3.63) is 83.1 Å². The van der Waals surface area contributed by atoms with E-state index in [9.17, 15) is 4.79 Å². The third-order valence-electron chi connectivity index (χ3n) is 5.36. The van der Waals surface area contributed by atoms with Gasteiger partial charge in [0.15, 0.2) is 0 Å². The van der Waals surface area contributed by atoms with Crippen LogP contribution in [0.25, 0.3) is 15.9 Å². The Kier molecular flexibility index (Phi) is 5.86. The molecule has 0 bridgehead atoms. The lowest BCUT2D eigenvalue weighted by Crippen LogP contribution is -2.26. The average Bonchev–Trinajstić information content (AvgIpc) is 3.52. The molecule has 0 aliphatic carbocycles. The van der Waals surface area contributed by atoms with Crippen LogP contribution in [0.15, 0.2) is 66.9 Å². The lowest BCUT2D eigenvalue weighted by atomic mass is 10.1. The number of amides is 1. The summed E-state index contributed by atoms with van der Waals surface area (Å²) >= 11 is 1.40. The van der Waals surface area contributed by atoms with Crippen molar-refractivity contribution in [1.82, 2.24) is 24.5 Å². The highest BCUT2D eigenvalue weighted by Crippen LogP contribution is 2.32. The number of carbonyl (C=O) groups excluding carboxylic acids is 1. The van der Waals surface area contributed by atoms with E-state index in [0.29, 0.717) is 16.6 Å². The third-order valence-corrected chi connectivity index (χ3v) is 6.47.